The smallest absolute Gasteiger partial charge is 0.115 e. The summed E-state index contributed by atoms with van der Waals surface area (Å²) >= 11 is 0. The Bertz CT molecular complexity index is 368. The fourth-order valence-corrected chi connectivity index (χ4v) is 1.97. The van der Waals surface area contributed by atoms with Gasteiger partial charge in [0, 0.05) is 17.2 Å². The van der Waals surface area contributed by atoms with E-state index in [1.54, 1.807) is 6.33 Å². The van der Waals surface area contributed by atoms with Crippen molar-refractivity contribution in [3.8, 4) is 0 Å². The molecule has 3 rings (SSSR count). The Kier molecular flexibility index (Phi) is 1.03. The van der Waals surface area contributed by atoms with Crippen molar-refractivity contribution in [3.63, 3.8) is 0 Å². The molecule has 0 saturated heterocycles. The molecule has 0 radical (unpaired) electrons. The molecule has 0 amide bonds. The van der Waals surface area contributed by atoms with Gasteiger partial charge >= 0.3 is 0 Å². The van der Waals surface area contributed by atoms with E-state index in [9.17, 15) is 0 Å². The summed E-state index contributed by atoms with van der Waals surface area (Å²) in [7, 11) is 0. The molecular formula is C10H10N2. The van der Waals surface area contributed by atoms with Crippen molar-refractivity contribution in [2.75, 3.05) is 0 Å². The standard InChI is InChI=1S/C10H10N2/c1-6-8-3-2-7-4-9(7)10(8)12-5-11-6/h2-3,5,7,9H,4H2,1H3. The lowest BCUT2D eigenvalue weighted by atomic mass is 10.0. The summed E-state index contributed by atoms with van der Waals surface area (Å²) in [5.41, 5.74) is 3.65. The van der Waals surface area contributed by atoms with Crippen LogP contribution in [0.5, 0.6) is 0 Å². The van der Waals surface area contributed by atoms with Crippen molar-refractivity contribution in [1.82, 2.24) is 9.97 Å². The molecular weight excluding hydrogens is 148 g/mol. The third-order valence-electron chi connectivity index (χ3n) is 2.82. The van der Waals surface area contributed by atoms with Crippen LogP contribution in [0, 0.1) is 12.8 Å². The summed E-state index contributed by atoms with van der Waals surface area (Å²) in [5, 5.41) is 0. The van der Waals surface area contributed by atoms with Crippen LogP contribution in [0.15, 0.2) is 12.4 Å². The third kappa shape index (κ3) is 0.697. The maximum atomic E-state index is 4.34. The number of rotatable bonds is 0. The van der Waals surface area contributed by atoms with Crippen LogP contribution in [0.2, 0.25) is 0 Å². The van der Waals surface area contributed by atoms with E-state index in [-0.39, 0.29) is 0 Å². The van der Waals surface area contributed by atoms with Crippen molar-refractivity contribution in [2.45, 2.75) is 19.3 Å². The number of aromatic nitrogens is 2. The van der Waals surface area contributed by atoms with Gasteiger partial charge in [0.1, 0.15) is 6.33 Å². The van der Waals surface area contributed by atoms with E-state index in [2.05, 4.69) is 22.1 Å². The van der Waals surface area contributed by atoms with Gasteiger partial charge in [0.25, 0.3) is 0 Å². The van der Waals surface area contributed by atoms with E-state index >= 15 is 0 Å². The highest BCUT2D eigenvalue weighted by atomic mass is 14.9. The second-order valence-corrected chi connectivity index (χ2v) is 3.62. The fraction of sp³-hybridized carbons (Fsp3) is 0.400. The minimum Gasteiger partial charge on any atom is -0.241 e. The first kappa shape index (κ1) is 6.35. The Morgan fingerprint density at radius 1 is 1.42 bits per heavy atom. The molecule has 0 aromatic carbocycles. The number of aryl methyl sites for hydroxylation is 1. The topological polar surface area (TPSA) is 25.8 Å². The molecule has 0 N–H and O–H groups in total. The summed E-state index contributed by atoms with van der Waals surface area (Å²) in [6.07, 6.45) is 7.45. The van der Waals surface area contributed by atoms with Crippen LogP contribution in [-0.4, -0.2) is 9.97 Å². The van der Waals surface area contributed by atoms with Crippen molar-refractivity contribution in [2.24, 2.45) is 5.92 Å². The van der Waals surface area contributed by atoms with Crippen LogP contribution in [0.3, 0.4) is 0 Å². The number of hydrogen-bond donors (Lipinski definition) is 0. The molecule has 1 fully saturated rings. The minimum atomic E-state index is 0.715. The van der Waals surface area contributed by atoms with Crippen LogP contribution < -0.4 is 0 Å². The van der Waals surface area contributed by atoms with E-state index in [0.29, 0.717) is 5.92 Å². The number of fused-ring (bicyclic) bond motifs is 3. The Balaban J connectivity index is 2.26. The molecule has 1 aromatic rings. The lowest BCUT2D eigenvalue weighted by Gasteiger charge is -2.09. The van der Waals surface area contributed by atoms with Crippen LogP contribution in [0.25, 0.3) is 6.08 Å². The summed E-state index contributed by atoms with van der Waals surface area (Å²) < 4.78 is 0. The lowest BCUT2D eigenvalue weighted by Crippen LogP contribution is -2.00. The normalized spacial score (nSPS) is 29.4. The first-order valence-electron chi connectivity index (χ1n) is 4.36. The molecule has 2 unspecified atom stereocenters. The second-order valence-electron chi connectivity index (χ2n) is 3.62. The van der Waals surface area contributed by atoms with Gasteiger partial charge in [-0.15, -0.1) is 0 Å². The fourth-order valence-electron chi connectivity index (χ4n) is 1.97. The van der Waals surface area contributed by atoms with E-state index in [1.165, 1.54) is 17.7 Å². The zero-order valence-electron chi connectivity index (χ0n) is 6.99. The molecule has 2 nitrogen and oxygen atoms in total. The molecule has 0 bridgehead atoms. The van der Waals surface area contributed by atoms with Crippen molar-refractivity contribution in [3.05, 3.63) is 29.4 Å². The van der Waals surface area contributed by atoms with Crippen LogP contribution in [0.1, 0.15) is 29.3 Å². The quantitative estimate of drug-likeness (QED) is 0.576. The van der Waals surface area contributed by atoms with Gasteiger partial charge in [0.15, 0.2) is 0 Å². The first-order chi connectivity index (χ1) is 5.86. The molecule has 1 aromatic heterocycles. The van der Waals surface area contributed by atoms with Crippen molar-refractivity contribution in [1.29, 1.82) is 0 Å². The van der Waals surface area contributed by atoms with E-state index in [4.69, 9.17) is 0 Å². The van der Waals surface area contributed by atoms with Gasteiger partial charge in [-0.25, -0.2) is 9.97 Å². The maximum Gasteiger partial charge on any atom is 0.115 e. The molecule has 0 spiro atoms. The van der Waals surface area contributed by atoms with Crippen LogP contribution >= 0.6 is 0 Å². The van der Waals surface area contributed by atoms with Gasteiger partial charge in [-0.1, -0.05) is 12.2 Å². The van der Waals surface area contributed by atoms with Crippen LogP contribution in [0.4, 0.5) is 0 Å². The highest BCUT2D eigenvalue weighted by Gasteiger charge is 2.41. The van der Waals surface area contributed by atoms with E-state index in [1.807, 2.05) is 6.92 Å². The summed E-state index contributed by atoms with van der Waals surface area (Å²) in [6.45, 7) is 2.05. The van der Waals surface area contributed by atoms with Gasteiger partial charge in [0.2, 0.25) is 0 Å². The number of hydrogen-bond acceptors (Lipinski definition) is 2. The molecule has 60 valence electrons. The van der Waals surface area contributed by atoms with Crippen molar-refractivity contribution < 1.29 is 0 Å². The Hall–Kier alpha value is -1.18. The first-order valence-corrected chi connectivity index (χ1v) is 4.36. The summed E-state index contributed by atoms with van der Waals surface area (Å²) in [4.78, 5) is 8.52. The molecule has 1 heterocycles. The molecule has 0 aliphatic heterocycles. The number of allylic oxidation sites excluding steroid dienone is 1. The highest BCUT2D eigenvalue weighted by Crippen LogP contribution is 2.51. The molecule has 12 heavy (non-hydrogen) atoms. The lowest BCUT2D eigenvalue weighted by molar-refractivity contribution is 0.903. The largest absolute Gasteiger partial charge is 0.241 e. The van der Waals surface area contributed by atoms with Gasteiger partial charge < -0.3 is 0 Å². The van der Waals surface area contributed by atoms with Gasteiger partial charge in [-0.05, 0) is 19.3 Å². The highest BCUT2D eigenvalue weighted by molar-refractivity contribution is 5.60. The average molecular weight is 158 g/mol. The molecule has 2 heteroatoms. The number of nitrogens with zero attached hydrogens (tertiary/aromatic N) is 2. The predicted molar refractivity (Wildman–Crippen MR) is 46.7 cm³/mol. The Morgan fingerprint density at radius 3 is 3.25 bits per heavy atom. The van der Waals surface area contributed by atoms with Gasteiger partial charge in [-0.3, -0.25) is 0 Å². The van der Waals surface area contributed by atoms with Gasteiger partial charge in [0.05, 0.1) is 5.69 Å². The predicted octanol–water partition coefficient (Wildman–Crippen LogP) is 1.92. The average Bonchev–Trinajstić information content (AvgIpc) is 2.83. The SMILES string of the molecule is Cc1ncnc2c1C=CC1CC21. The van der Waals surface area contributed by atoms with E-state index < -0.39 is 0 Å². The second kappa shape index (κ2) is 1.94. The summed E-state index contributed by atoms with van der Waals surface area (Å²) in [6, 6.07) is 0. The zero-order valence-corrected chi connectivity index (χ0v) is 6.99. The monoisotopic (exact) mass is 158 g/mol. The van der Waals surface area contributed by atoms with Gasteiger partial charge in [-0.2, -0.15) is 0 Å². The third-order valence-corrected chi connectivity index (χ3v) is 2.82. The molecule has 1 saturated carbocycles. The van der Waals surface area contributed by atoms with E-state index in [0.717, 1.165) is 11.6 Å². The molecule has 2 aliphatic rings. The maximum absolute atomic E-state index is 4.34. The Labute approximate surface area is 71.4 Å². The minimum absolute atomic E-state index is 0.715. The summed E-state index contributed by atoms with van der Waals surface area (Å²) in [5.74, 6) is 1.50. The zero-order chi connectivity index (χ0) is 8.13. The Morgan fingerprint density at radius 2 is 2.33 bits per heavy atom. The van der Waals surface area contributed by atoms with Crippen molar-refractivity contribution >= 4 is 6.08 Å². The van der Waals surface area contributed by atoms with Crippen LogP contribution in [-0.2, 0) is 0 Å². The molecule has 2 aliphatic carbocycles. The molecule has 2 atom stereocenters.